The normalized spacial score (nSPS) is 14.8. The van der Waals surface area contributed by atoms with Crippen LogP contribution in [0.5, 0.6) is 11.5 Å². The molecule has 3 rings (SSSR count). The highest BCUT2D eigenvalue weighted by molar-refractivity contribution is 14.0. The van der Waals surface area contributed by atoms with Crippen molar-refractivity contribution < 1.29 is 9.84 Å². The number of aryl methyl sites for hydroxylation is 1. The lowest BCUT2D eigenvalue weighted by Crippen LogP contribution is -2.48. The van der Waals surface area contributed by atoms with Gasteiger partial charge in [-0.25, -0.2) is 9.98 Å². The molecule has 0 unspecified atom stereocenters. The zero-order valence-corrected chi connectivity index (χ0v) is 20.2. The summed E-state index contributed by atoms with van der Waals surface area (Å²) in [6.45, 7) is 7.16. The van der Waals surface area contributed by atoms with E-state index in [0.717, 1.165) is 55.5 Å². The Morgan fingerprint density at radius 3 is 2.63 bits per heavy atom. The van der Waals surface area contributed by atoms with E-state index in [9.17, 15) is 5.11 Å². The van der Waals surface area contributed by atoms with Crippen LogP contribution in [0.4, 0.5) is 5.82 Å². The molecule has 1 aliphatic heterocycles. The monoisotopic (exact) mass is 525 g/mol. The third-order valence-electron chi connectivity index (χ3n) is 5.09. The van der Waals surface area contributed by atoms with Gasteiger partial charge in [0.15, 0.2) is 17.5 Å². The van der Waals surface area contributed by atoms with E-state index in [1.165, 1.54) is 0 Å². The van der Waals surface area contributed by atoms with Gasteiger partial charge in [0, 0.05) is 36.9 Å². The number of halogens is 1. The number of aromatic nitrogens is 1. The maximum absolute atomic E-state index is 10.3. The number of phenolic OH excluding ortho intramolecular Hbond substituents is 1. The number of nitrogens with one attached hydrogen (secondary N) is 2. The molecule has 1 saturated heterocycles. The summed E-state index contributed by atoms with van der Waals surface area (Å²) < 4.78 is 5.18. The molecule has 1 aliphatic rings. The van der Waals surface area contributed by atoms with Crippen molar-refractivity contribution in [3.05, 3.63) is 47.7 Å². The van der Waals surface area contributed by atoms with Gasteiger partial charge in [-0.05, 0) is 44.9 Å². The maximum atomic E-state index is 10.3. The van der Waals surface area contributed by atoms with Crippen LogP contribution in [0.3, 0.4) is 0 Å². The van der Waals surface area contributed by atoms with Gasteiger partial charge >= 0.3 is 0 Å². The highest BCUT2D eigenvalue weighted by atomic mass is 127. The van der Waals surface area contributed by atoms with E-state index < -0.39 is 0 Å². The number of phenols is 1. The van der Waals surface area contributed by atoms with Gasteiger partial charge < -0.3 is 25.4 Å². The largest absolute Gasteiger partial charge is 0.504 e. The summed E-state index contributed by atoms with van der Waals surface area (Å²) in [6.07, 6.45) is 2.04. The van der Waals surface area contributed by atoms with Gasteiger partial charge in [0.25, 0.3) is 0 Å². The minimum Gasteiger partial charge on any atom is -0.504 e. The van der Waals surface area contributed by atoms with Crippen molar-refractivity contribution in [3.63, 3.8) is 0 Å². The van der Waals surface area contributed by atoms with Crippen LogP contribution < -0.4 is 20.3 Å². The van der Waals surface area contributed by atoms with Crippen LogP contribution in [0.2, 0.25) is 0 Å². The minimum atomic E-state index is 0. The van der Waals surface area contributed by atoms with Crippen molar-refractivity contribution in [2.75, 3.05) is 31.6 Å². The Kier molecular flexibility index (Phi) is 9.48. The molecule has 7 nitrogen and oxygen atoms in total. The predicted octanol–water partition coefficient (Wildman–Crippen LogP) is 3.45. The van der Waals surface area contributed by atoms with Gasteiger partial charge in [0.1, 0.15) is 5.82 Å². The van der Waals surface area contributed by atoms with Gasteiger partial charge in [-0.2, -0.15) is 0 Å². The minimum absolute atomic E-state index is 0. The van der Waals surface area contributed by atoms with E-state index >= 15 is 0 Å². The van der Waals surface area contributed by atoms with Crippen LogP contribution in [0.15, 0.2) is 41.4 Å². The van der Waals surface area contributed by atoms with E-state index in [2.05, 4.69) is 37.6 Å². The van der Waals surface area contributed by atoms with E-state index in [1.54, 1.807) is 13.2 Å². The highest BCUT2D eigenvalue weighted by Crippen LogP contribution is 2.29. The lowest BCUT2D eigenvalue weighted by Gasteiger charge is -2.34. The first-order valence-electron chi connectivity index (χ1n) is 10.2. The Hall–Kier alpha value is -2.23. The summed E-state index contributed by atoms with van der Waals surface area (Å²) in [5.41, 5.74) is 1.78. The first-order valence-corrected chi connectivity index (χ1v) is 10.2. The number of hydrogen-bond donors (Lipinski definition) is 3. The summed E-state index contributed by atoms with van der Waals surface area (Å²) in [6, 6.07) is 12.0. The number of hydrogen-bond acceptors (Lipinski definition) is 5. The van der Waals surface area contributed by atoms with Crippen LogP contribution in [0.25, 0.3) is 0 Å². The van der Waals surface area contributed by atoms with Gasteiger partial charge in [0.05, 0.1) is 13.7 Å². The van der Waals surface area contributed by atoms with Crippen LogP contribution in [-0.2, 0) is 6.54 Å². The number of benzene rings is 1. The fraction of sp³-hybridized carbons (Fsp3) is 0.455. The highest BCUT2D eigenvalue weighted by Gasteiger charge is 2.21. The Bertz CT molecular complexity index is 838. The lowest BCUT2D eigenvalue weighted by atomic mass is 10.1. The number of ether oxygens (including phenoxy) is 1. The molecular formula is C22H32IN5O2. The van der Waals surface area contributed by atoms with E-state index in [-0.39, 0.29) is 29.7 Å². The molecule has 1 fully saturated rings. The molecule has 30 heavy (non-hydrogen) atoms. The molecule has 2 heterocycles. The van der Waals surface area contributed by atoms with Crippen molar-refractivity contribution >= 4 is 35.8 Å². The fourth-order valence-electron chi connectivity index (χ4n) is 3.50. The molecular weight excluding hydrogens is 493 g/mol. The van der Waals surface area contributed by atoms with E-state index in [0.29, 0.717) is 18.3 Å². The molecule has 0 aliphatic carbocycles. The number of guanidine groups is 1. The second-order valence-electron chi connectivity index (χ2n) is 7.21. The number of pyridine rings is 1. The standard InChI is InChI=1S/C22H31N5O2.HI/c1-4-23-22(24-15-17-8-6-9-19(29-3)21(17)28)26-18-11-13-27(14-12-18)20-10-5-7-16(2)25-20;/h5-10,18,28H,4,11-15H2,1-3H3,(H2,23,24,26);1H. The second kappa shape index (κ2) is 11.8. The van der Waals surface area contributed by atoms with Gasteiger partial charge in [-0.15, -0.1) is 24.0 Å². The molecule has 0 atom stereocenters. The second-order valence-corrected chi connectivity index (χ2v) is 7.21. The van der Waals surface area contributed by atoms with E-state index in [4.69, 9.17) is 4.74 Å². The quantitative estimate of drug-likeness (QED) is 0.305. The van der Waals surface area contributed by atoms with Gasteiger partial charge in [-0.3, -0.25) is 0 Å². The molecule has 0 amide bonds. The number of nitrogens with zero attached hydrogens (tertiary/aromatic N) is 3. The average Bonchev–Trinajstić information content (AvgIpc) is 2.73. The van der Waals surface area contributed by atoms with Crippen LogP contribution in [0.1, 0.15) is 31.0 Å². The first-order chi connectivity index (χ1) is 14.1. The molecule has 0 saturated carbocycles. The van der Waals surface area contributed by atoms with Gasteiger partial charge in [0.2, 0.25) is 0 Å². The molecule has 3 N–H and O–H groups in total. The van der Waals surface area contributed by atoms with Gasteiger partial charge in [-0.1, -0.05) is 18.2 Å². The third-order valence-corrected chi connectivity index (χ3v) is 5.09. The molecule has 0 bridgehead atoms. The smallest absolute Gasteiger partial charge is 0.191 e. The predicted molar refractivity (Wildman–Crippen MR) is 132 cm³/mol. The lowest BCUT2D eigenvalue weighted by molar-refractivity contribution is 0.370. The topological polar surface area (TPSA) is 82.0 Å². The number of methoxy groups -OCH3 is 1. The van der Waals surface area contributed by atoms with Crippen molar-refractivity contribution in [2.24, 2.45) is 4.99 Å². The zero-order chi connectivity index (χ0) is 20.6. The number of piperidine rings is 1. The Balaban J connectivity index is 0.00000320. The summed E-state index contributed by atoms with van der Waals surface area (Å²) in [4.78, 5) is 11.6. The summed E-state index contributed by atoms with van der Waals surface area (Å²) >= 11 is 0. The number of para-hydroxylation sites is 1. The Morgan fingerprint density at radius 2 is 1.97 bits per heavy atom. The van der Waals surface area contributed by atoms with Crippen molar-refractivity contribution in [1.29, 1.82) is 0 Å². The molecule has 2 aromatic rings. The fourth-order valence-corrected chi connectivity index (χ4v) is 3.50. The van der Waals surface area contributed by atoms with Crippen LogP contribution in [-0.4, -0.2) is 48.8 Å². The number of aromatic hydroxyl groups is 1. The molecule has 0 spiro atoms. The molecule has 0 radical (unpaired) electrons. The van der Waals surface area contributed by atoms with Crippen molar-refractivity contribution in [3.8, 4) is 11.5 Å². The Morgan fingerprint density at radius 1 is 1.23 bits per heavy atom. The number of rotatable bonds is 6. The SMILES string of the molecule is CCNC(=NCc1cccc(OC)c1O)NC1CCN(c2cccc(C)n2)CC1.I. The number of aliphatic imine (C=N–C) groups is 1. The average molecular weight is 525 g/mol. The first kappa shape index (κ1) is 24.0. The summed E-state index contributed by atoms with van der Waals surface area (Å²) in [5.74, 6) is 2.43. The summed E-state index contributed by atoms with van der Waals surface area (Å²) in [5, 5.41) is 17.1. The van der Waals surface area contributed by atoms with Crippen LogP contribution >= 0.6 is 24.0 Å². The molecule has 164 valence electrons. The van der Waals surface area contributed by atoms with Crippen LogP contribution in [0, 0.1) is 6.92 Å². The molecule has 8 heteroatoms. The van der Waals surface area contributed by atoms with E-state index in [1.807, 2.05) is 32.0 Å². The zero-order valence-electron chi connectivity index (χ0n) is 17.9. The third kappa shape index (κ3) is 6.38. The maximum Gasteiger partial charge on any atom is 0.191 e. The Labute approximate surface area is 196 Å². The number of anilines is 1. The molecule has 1 aromatic heterocycles. The van der Waals surface area contributed by atoms with Crippen molar-refractivity contribution in [1.82, 2.24) is 15.6 Å². The summed E-state index contributed by atoms with van der Waals surface area (Å²) in [7, 11) is 1.55. The molecule has 1 aromatic carbocycles. The van der Waals surface area contributed by atoms with Crippen molar-refractivity contribution in [2.45, 2.75) is 39.3 Å².